The number of fused-ring (bicyclic) bond motifs is 1. The number of nitrogens with one attached hydrogen (secondary N) is 1. The Hall–Kier alpha value is -2.01. The number of thiazole rings is 1. The van der Waals surface area contributed by atoms with E-state index in [1.807, 2.05) is 19.1 Å². The van der Waals surface area contributed by atoms with Gasteiger partial charge >= 0.3 is 0 Å². The SMILES string of the molecule is Cc1nc(CNc2ncnc3c(C)cccc23)c(C)s1. The molecule has 0 unspecified atom stereocenters. The molecular formula is C15H16N4S. The minimum atomic E-state index is 0.691. The van der Waals surface area contributed by atoms with Crippen LogP contribution in [0.3, 0.4) is 0 Å². The molecule has 0 aliphatic rings. The first-order valence-corrected chi connectivity index (χ1v) is 7.34. The second-order valence-electron chi connectivity index (χ2n) is 4.78. The first-order chi connectivity index (χ1) is 9.65. The van der Waals surface area contributed by atoms with E-state index in [0.717, 1.165) is 33.0 Å². The molecule has 2 heterocycles. The van der Waals surface area contributed by atoms with Gasteiger partial charge in [-0.25, -0.2) is 15.0 Å². The summed E-state index contributed by atoms with van der Waals surface area (Å²) in [4.78, 5) is 14.5. The topological polar surface area (TPSA) is 50.7 Å². The molecule has 2 aromatic heterocycles. The summed E-state index contributed by atoms with van der Waals surface area (Å²) in [6.45, 7) is 6.89. The third kappa shape index (κ3) is 2.36. The third-order valence-electron chi connectivity index (χ3n) is 3.29. The van der Waals surface area contributed by atoms with Gasteiger partial charge in [-0.2, -0.15) is 0 Å². The van der Waals surface area contributed by atoms with E-state index in [1.165, 1.54) is 4.88 Å². The van der Waals surface area contributed by atoms with Crippen molar-refractivity contribution >= 4 is 28.1 Å². The van der Waals surface area contributed by atoms with Crippen LogP contribution in [0.1, 0.15) is 21.1 Å². The Labute approximate surface area is 121 Å². The number of rotatable bonds is 3. The molecule has 0 fully saturated rings. The standard InChI is InChI=1S/C15H16N4S/c1-9-5-4-6-12-14(9)17-8-18-15(12)16-7-13-10(2)20-11(3)19-13/h4-6,8H,7H2,1-3H3,(H,16,17,18). The average Bonchev–Trinajstić information content (AvgIpc) is 2.75. The minimum Gasteiger partial charge on any atom is -0.364 e. The molecule has 0 saturated carbocycles. The second kappa shape index (κ2) is 5.17. The van der Waals surface area contributed by atoms with Crippen molar-refractivity contribution in [2.75, 3.05) is 5.32 Å². The molecule has 0 bridgehead atoms. The summed E-state index contributed by atoms with van der Waals surface area (Å²) in [7, 11) is 0. The average molecular weight is 284 g/mol. The van der Waals surface area contributed by atoms with Crippen LogP contribution in [0.5, 0.6) is 0 Å². The van der Waals surface area contributed by atoms with Gasteiger partial charge in [0.05, 0.1) is 22.8 Å². The third-order valence-corrected chi connectivity index (χ3v) is 4.22. The summed E-state index contributed by atoms with van der Waals surface area (Å²) in [5.74, 6) is 0.865. The zero-order valence-corrected chi connectivity index (χ0v) is 12.6. The van der Waals surface area contributed by atoms with Gasteiger partial charge in [0.25, 0.3) is 0 Å². The smallest absolute Gasteiger partial charge is 0.137 e. The number of benzene rings is 1. The number of nitrogens with zero attached hydrogens (tertiary/aromatic N) is 3. The van der Waals surface area contributed by atoms with Gasteiger partial charge in [0.15, 0.2) is 0 Å². The largest absolute Gasteiger partial charge is 0.364 e. The molecular weight excluding hydrogens is 268 g/mol. The normalized spacial score (nSPS) is 10.9. The summed E-state index contributed by atoms with van der Waals surface area (Å²) in [5, 5.41) is 5.53. The lowest BCUT2D eigenvalue weighted by atomic mass is 10.1. The van der Waals surface area contributed by atoms with Crippen LogP contribution in [0.2, 0.25) is 0 Å². The predicted octanol–water partition coefficient (Wildman–Crippen LogP) is 3.62. The molecule has 4 nitrogen and oxygen atoms in total. The van der Waals surface area contributed by atoms with E-state index in [2.05, 4.69) is 40.2 Å². The van der Waals surface area contributed by atoms with Crippen LogP contribution in [0.25, 0.3) is 10.9 Å². The molecule has 0 radical (unpaired) electrons. The summed E-state index contributed by atoms with van der Waals surface area (Å²) in [5.41, 5.74) is 3.25. The van der Waals surface area contributed by atoms with E-state index in [9.17, 15) is 0 Å². The van der Waals surface area contributed by atoms with Crippen molar-refractivity contribution in [1.82, 2.24) is 15.0 Å². The summed E-state index contributed by atoms with van der Waals surface area (Å²) in [6.07, 6.45) is 1.61. The Kier molecular flexibility index (Phi) is 3.36. The maximum absolute atomic E-state index is 4.54. The molecule has 0 amide bonds. The van der Waals surface area contributed by atoms with E-state index in [4.69, 9.17) is 0 Å². The number of hydrogen-bond acceptors (Lipinski definition) is 5. The quantitative estimate of drug-likeness (QED) is 0.798. The number of anilines is 1. The fourth-order valence-electron chi connectivity index (χ4n) is 2.28. The van der Waals surface area contributed by atoms with Crippen molar-refractivity contribution in [3.8, 4) is 0 Å². The number of aryl methyl sites for hydroxylation is 3. The summed E-state index contributed by atoms with van der Waals surface area (Å²) in [6, 6.07) is 6.14. The fraction of sp³-hybridized carbons (Fsp3) is 0.267. The highest BCUT2D eigenvalue weighted by Crippen LogP contribution is 2.23. The molecule has 5 heteroatoms. The minimum absolute atomic E-state index is 0.691. The van der Waals surface area contributed by atoms with Crippen LogP contribution >= 0.6 is 11.3 Å². The summed E-state index contributed by atoms with van der Waals surface area (Å²) < 4.78 is 0. The monoisotopic (exact) mass is 284 g/mol. The first kappa shape index (κ1) is 13.0. The molecule has 0 spiro atoms. The molecule has 1 N–H and O–H groups in total. The van der Waals surface area contributed by atoms with Crippen molar-refractivity contribution < 1.29 is 0 Å². The van der Waals surface area contributed by atoms with Gasteiger partial charge in [0.2, 0.25) is 0 Å². The van der Waals surface area contributed by atoms with Crippen molar-refractivity contribution in [3.63, 3.8) is 0 Å². The highest BCUT2D eigenvalue weighted by molar-refractivity contribution is 7.11. The number of aromatic nitrogens is 3. The van der Waals surface area contributed by atoms with Crippen molar-refractivity contribution in [2.45, 2.75) is 27.3 Å². The van der Waals surface area contributed by atoms with Crippen molar-refractivity contribution in [1.29, 1.82) is 0 Å². The Balaban J connectivity index is 1.92. The molecule has 3 rings (SSSR count). The van der Waals surface area contributed by atoms with E-state index >= 15 is 0 Å². The molecule has 0 aliphatic heterocycles. The van der Waals surface area contributed by atoms with Crippen LogP contribution in [0, 0.1) is 20.8 Å². The van der Waals surface area contributed by atoms with Gasteiger partial charge in [0, 0.05) is 10.3 Å². The zero-order valence-electron chi connectivity index (χ0n) is 11.8. The molecule has 102 valence electrons. The van der Waals surface area contributed by atoms with E-state index in [-0.39, 0.29) is 0 Å². The first-order valence-electron chi connectivity index (χ1n) is 6.52. The maximum atomic E-state index is 4.54. The molecule has 20 heavy (non-hydrogen) atoms. The van der Waals surface area contributed by atoms with Gasteiger partial charge in [-0.3, -0.25) is 0 Å². The highest BCUT2D eigenvalue weighted by atomic mass is 32.1. The maximum Gasteiger partial charge on any atom is 0.137 e. The Morgan fingerprint density at radius 2 is 2.00 bits per heavy atom. The molecule has 3 aromatic rings. The number of para-hydroxylation sites is 1. The molecule has 0 aliphatic carbocycles. The summed E-state index contributed by atoms with van der Waals surface area (Å²) >= 11 is 1.73. The Morgan fingerprint density at radius 1 is 1.15 bits per heavy atom. The lowest BCUT2D eigenvalue weighted by molar-refractivity contribution is 1.02. The van der Waals surface area contributed by atoms with Crippen molar-refractivity contribution in [3.05, 3.63) is 45.7 Å². The molecule has 0 atom stereocenters. The van der Waals surface area contributed by atoms with Crippen LogP contribution in [-0.2, 0) is 6.54 Å². The predicted molar refractivity (Wildman–Crippen MR) is 83.2 cm³/mol. The van der Waals surface area contributed by atoms with Crippen molar-refractivity contribution in [2.24, 2.45) is 0 Å². The lowest BCUT2D eigenvalue weighted by Gasteiger charge is -2.08. The van der Waals surface area contributed by atoms with Gasteiger partial charge < -0.3 is 5.32 Å². The molecule has 1 aromatic carbocycles. The van der Waals surface area contributed by atoms with E-state index < -0.39 is 0 Å². The Bertz CT molecular complexity index is 764. The molecule has 0 saturated heterocycles. The zero-order chi connectivity index (χ0) is 14.1. The van der Waals surface area contributed by atoms with Gasteiger partial charge in [-0.15, -0.1) is 11.3 Å². The van der Waals surface area contributed by atoms with Crippen LogP contribution < -0.4 is 5.32 Å². The van der Waals surface area contributed by atoms with Gasteiger partial charge in [0.1, 0.15) is 12.1 Å². The van der Waals surface area contributed by atoms with Gasteiger partial charge in [-0.1, -0.05) is 12.1 Å². The highest BCUT2D eigenvalue weighted by Gasteiger charge is 2.08. The lowest BCUT2D eigenvalue weighted by Crippen LogP contribution is -2.04. The van der Waals surface area contributed by atoms with Crippen LogP contribution in [0.4, 0.5) is 5.82 Å². The van der Waals surface area contributed by atoms with Crippen LogP contribution in [-0.4, -0.2) is 15.0 Å². The van der Waals surface area contributed by atoms with Gasteiger partial charge in [-0.05, 0) is 32.4 Å². The van der Waals surface area contributed by atoms with E-state index in [0.29, 0.717) is 6.54 Å². The number of hydrogen-bond donors (Lipinski definition) is 1. The second-order valence-corrected chi connectivity index (χ2v) is 6.19. The van der Waals surface area contributed by atoms with Crippen LogP contribution in [0.15, 0.2) is 24.5 Å². The fourth-order valence-corrected chi connectivity index (χ4v) is 3.11. The van der Waals surface area contributed by atoms with E-state index in [1.54, 1.807) is 17.7 Å². The Morgan fingerprint density at radius 3 is 2.75 bits per heavy atom.